The van der Waals surface area contributed by atoms with Gasteiger partial charge in [0.1, 0.15) is 0 Å². The largest absolute Gasteiger partial charge is 0.356 e. The number of carbonyl (C=O) groups is 1. The summed E-state index contributed by atoms with van der Waals surface area (Å²) in [5, 5.41) is 6.93. The number of carbonyl (C=O) groups excluding carboxylic acids is 1. The van der Waals surface area contributed by atoms with Gasteiger partial charge in [0.15, 0.2) is 5.96 Å². The molecule has 2 unspecified atom stereocenters. The molecule has 2 aliphatic rings. The van der Waals surface area contributed by atoms with Crippen molar-refractivity contribution in [3.05, 3.63) is 0 Å². The van der Waals surface area contributed by atoms with Crippen molar-refractivity contribution in [1.29, 1.82) is 0 Å². The number of guanidine groups is 1. The van der Waals surface area contributed by atoms with Gasteiger partial charge in [-0.25, -0.2) is 0 Å². The Balaban J connectivity index is 1.74. The lowest BCUT2D eigenvalue weighted by Gasteiger charge is -2.30. The summed E-state index contributed by atoms with van der Waals surface area (Å²) in [5.41, 5.74) is 0. The Labute approximate surface area is 140 Å². The van der Waals surface area contributed by atoms with Gasteiger partial charge in [0.25, 0.3) is 0 Å². The fourth-order valence-electron chi connectivity index (χ4n) is 3.51. The molecule has 132 valence electrons. The van der Waals surface area contributed by atoms with Crippen LogP contribution in [0.25, 0.3) is 0 Å². The minimum absolute atomic E-state index is 0.0782. The second-order valence-corrected chi connectivity index (χ2v) is 7.29. The number of nitrogens with one attached hydrogen (secondary N) is 2. The monoisotopic (exact) mass is 323 g/mol. The third kappa shape index (κ3) is 5.37. The van der Waals surface area contributed by atoms with Gasteiger partial charge in [-0.15, -0.1) is 0 Å². The van der Waals surface area contributed by atoms with Crippen LogP contribution in [-0.2, 0) is 4.79 Å². The smallest absolute Gasteiger partial charge is 0.225 e. The SMILES string of the molecule is CN=C(NCC1CCCN(C)C1)NC1CCN(C(=O)C(C)C)C1. The van der Waals surface area contributed by atoms with Crippen LogP contribution >= 0.6 is 0 Å². The van der Waals surface area contributed by atoms with E-state index in [4.69, 9.17) is 0 Å². The van der Waals surface area contributed by atoms with E-state index < -0.39 is 0 Å². The molecule has 0 aromatic heterocycles. The first-order chi connectivity index (χ1) is 11.0. The van der Waals surface area contributed by atoms with E-state index in [1.54, 1.807) is 0 Å². The molecule has 2 heterocycles. The fourth-order valence-corrected chi connectivity index (χ4v) is 3.51. The first-order valence-corrected chi connectivity index (χ1v) is 8.94. The molecular weight excluding hydrogens is 290 g/mol. The lowest BCUT2D eigenvalue weighted by atomic mass is 9.99. The molecule has 2 N–H and O–H groups in total. The summed E-state index contributed by atoms with van der Waals surface area (Å²) in [6, 6.07) is 0.304. The van der Waals surface area contributed by atoms with Gasteiger partial charge >= 0.3 is 0 Å². The molecule has 0 bridgehead atoms. The quantitative estimate of drug-likeness (QED) is 0.592. The summed E-state index contributed by atoms with van der Waals surface area (Å²) >= 11 is 0. The number of aliphatic imine (C=N–C) groups is 1. The zero-order valence-corrected chi connectivity index (χ0v) is 15.1. The maximum absolute atomic E-state index is 12.1. The Morgan fingerprint density at radius 2 is 2.04 bits per heavy atom. The molecule has 1 amide bonds. The normalized spacial score (nSPS) is 26.7. The molecule has 0 aromatic carbocycles. The maximum Gasteiger partial charge on any atom is 0.225 e. The number of hydrogen-bond acceptors (Lipinski definition) is 3. The number of hydrogen-bond donors (Lipinski definition) is 2. The molecule has 0 saturated carbocycles. The van der Waals surface area contributed by atoms with Gasteiger partial charge in [0.2, 0.25) is 5.91 Å². The summed E-state index contributed by atoms with van der Waals surface area (Å²) in [4.78, 5) is 20.8. The average molecular weight is 323 g/mol. The summed E-state index contributed by atoms with van der Waals surface area (Å²) in [6.45, 7) is 8.89. The Hall–Kier alpha value is -1.30. The Morgan fingerprint density at radius 3 is 2.70 bits per heavy atom. The first kappa shape index (κ1) is 18.0. The van der Waals surface area contributed by atoms with E-state index in [0.29, 0.717) is 12.0 Å². The van der Waals surface area contributed by atoms with Crippen LogP contribution in [0.15, 0.2) is 4.99 Å². The van der Waals surface area contributed by atoms with Crippen molar-refractivity contribution in [3.8, 4) is 0 Å². The molecule has 0 aliphatic carbocycles. The number of nitrogens with zero attached hydrogens (tertiary/aromatic N) is 3. The van der Waals surface area contributed by atoms with E-state index in [9.17, 15) is 4.79 Å². The minimum Gasteiger partial charge on any atom is -0.356 e. The molecule has 2 rings (SSSR count). The summed E-state index contributed by atoms with van der Waals surface area (Å²) < 4.78 is 0. The maximum atomic E-state index is 12.1. The van der Waals surface area contributed by atoms with Crippen molar-refractivity contribution in [2.24, 2.45) is 16.8 Å². The first-order valence-electron chi connectivity index (χ1n) is 8.94. The van der Waals surface area contributed by atoms with Gasteiger partial charge in [-0.05, 0) is 38.8 Å². The summed E-state index contributed by atoms with van der Waals surface area (Å²) in [7, 11) is 4.01. The second kappa shape index (κ2) is 8.52. The molecule has 6 nitrogen and oxygen atoms in total. The number of amides is 1. The van der Waals surface area contributed by atoms with Crippen molar-refractivity contribution in [1.82, 2.24) is 20.4 Å². The highest BCUT2D eigenvalue weighted by Crippen LogP contribution is 2.14. The minimum atomic E-state index is 0.0782. The van der Waals surface area contributed by atoms with Crippen molar-refractivity contribution in [3.63, 3.8) is 0 Å². The molecule has 6 heteroatoms. The molecule has 2 saturated heterocycles. The third-order valence-corrected chi connectivity index (χ3v) is 4.84. The summed E-state index contributed by atoms with van der Waals surface area (Å²) in [6.07, 6.45) is 3.56. The highest BCUT2D eigenvalue weighted by Gasteiger charge is 2.28. The van der Waals surface area contributed by atoms with Crippen LogP contribution in [0.2, 0.25) is 0 Å². The Bertz CT molecular complexity index is 423. The van der Waals surface area contributed by atoms with Crippen LogP contribution in [-0.4, -0.2) is 74.5 Å². The van der Waals surface area contributed by atoms with E-state index in [1.165, 1.54) is 19.4 Å². The predicted octanol–water partition coefficient (Wildman–Crippen LogP) is 0.750. The van der Waals surface area contributed by atoms with E-state index in [1.807, 2.05) is 25.8 Å². The van der Waals surface area contributed by atoms with Crippen molar-refractivity contribution in [2.45, 2.75) is 39.2 Å². The van der Waals surface area contributed by atoms with Crippen LogP contribution in [0.4, 0.5) is 0 Å². The van der Waals surface area contributed by atoms with Crippen LogP contribution in [0, 0.1) is 11.8 Å². The highest BCUT2D eigenvalue weighted by molar-refractivity contribution is 5.81. The van der Waals surface area contributed by atoms with Crippen LogP contribution in [0.5, 0.6) is 0 Å². The number of rotatable bonds is 4. The van der Waals surface area contributed by atoms with Crippen molar-refractivity contribution >= 4 is 11.9 Å². The Kier molecular flexibility index (Phi) is 6.69. The molecule has 23 heavy (non-hydrogen) atoms. The van der Waals surface area contributed by atoms with Crippen LogP contribution in [0.1, 0.15) is 33.1 Å². The molecule has 0 spiro atoms. The topological polar surface area (TPSA) is 60.0 Å². The molecule has 0 radical (unpaired) electrons. The van der Waals surface area contributed by atoms with E-state index in [-0.39, 0.29) is 11.8 Å². The lowest BCUT2D eigenvalue weighted by Crippen LogP contribution is -2.47. The lowest BCUT2D eigenvalue weighted by molar-refractivity contribution is -0.133. The van der Waals surface area contributed by atoms with Crippen molar-refractivity contribution in [2.75, 3.05) is 46.8 Å². The molecule has 0 aromatic rings. The van der Waals surface area contributed by atoms with E-state index >= 15 is 0 Å². The predicted molar refractivity (Wildman–Crippen MR) is 94.5 cm³/mol. The highest BCUT2D eigenvalue weighted by atomic mass is 16.2. The standard InChI is InChI=1S/C17H33N5O/c1-13(2)16(23)22-9-7-15(12-22)20-17(18-3)19-10-14-6-5-8-21(4)11-14/h13-15H,5-12H2,1-4H3,(H2,18,19,20). The molecular formula is C17H33N5O. The molecule has 2 aliphatic heterocycles. The number of likely N-dealkylation sites (tertiary alicyclic amines) is 2. The van der Waals surface area contributed by atoms with Gasteiger partial charge in [0.05, 0.1) is 0 Å². The van der Waals surface area contributed by atoms with E-state index in [0.717, 1.165) is 38.6 Å². The Morgan fingerprint density at radius 1 is 1.26 bits per heavy atom. The fraction of sp³-hybridized carbons (Fsp3) is 0.882. The molecule has 2 atom stereocenters. The van der Waals surface area contributed by atoms with Gasteiger partial charge < -0.3 is 20.4 Å². The zero-order chi connectivity index (χ0) is 16.8. The van der Waals surface area contributed by atoms with Crippen molar-refractivity contribution < 1.29 is 4.79 Å². The van der Waals surface area contributed by atoms with Gasteiger partial charge in [0, 0.05) is 45.2 Å². The number of piperidine rings is 1. The van der Waals surface area contributed by atoms with Crippen LogP contribution in [0.3, 0.4) is 0 Å². The second-order valence-electron chi connectivity index (χ2n) is 7.29. The van der Waals surface area contributed by atoms with Crippen LogP contribution < -0.4 is 10.6 Å². The summed E-state index contributed by atoms with van der Waals surface area (Å²) in [5.74, 6) is 1.88. The third-order valence-electron chi connectivity index (χ3n) is 4.84. The average Bonchev–Trinajstić information content (AvgIpc) is 2.99. The van der Waals surface area contributed by atoms with E-state index in [2.05, 4.69) is 27.6 Å². The van der Waals surface area contributed by atoms with Gasteiger partial charge in [-0.3, -0.25) is 9.79 Å². The van der Waals surface area contributed by atoms with Gasteiger partial charge in [-0.1, -0.05) is 13.8 Å². The molecule has 2 fully saturated rings. The van der Waals surface area contributed by atoms with Gasteiger partial charge in [-0.2, -0.15) is 0 Å². The zero-order valence-electron chi connectivity index (χ0n) is 15.1.